The first-order valence-electron chi connectivity index (χ1n) is 19.5. The summed E-state index contributed by atoms with van der Waals surface area (Å²) in [5.41, 5.74) is -0.881. The highest BCUT2D eigenvalue weighted by molar-refractivity contribution is 6.09. The van der Waals surface area contributed by atoms with Crippen LogP contribution in [0.5, 0.6) is 5.75 Å². The molecule has 7 N–H and O–H groups in total. The predicted molar refractivity (Wildman–Crippen MR) is 220 cm³/mol. The maximum atomic E-state index is 13.3. The van der Waals surface area contributed by atoms with Crippen LogP contribution in [0.3, 0.4) is 0 Å². The summed E-state index contributed by atoms with van der Waals surface area (Å²) in [6, 6.07) is 1.27. The molecule has 0 saturated carbocycles. The number of hydrogen-bond donors (Lipinski definition) is 7. The van der Waals surface area contributed by atoms with Crippen molar-refractivity contribution < 1.29 is 54.4 Å². The molecule has 14 nitrogen and oxygen atoms in total. The van der Waals surface area contributed by atoms with Gasteiger partial charge in [-0.25, -0.2) is 0 Å². The Morgan fingerprint density at radius 2 is 1.67 bits per heavy atom. The molecule has 14 heteroatoms. The summed E-state index contributed by atoms with van der Waals surface area (Å²) in [4.78, 5) is 38.4. The van der Waals surface area contributed by atoms with Crippen molar-refractivity contribution in [1.29, 1.82) is 0 Å². The lowest BCUT2D eigenvalue weighted by atomic mass is 9.71. The van der Waals surface area contributed by atoms with Gasteiger partial charge in [0.15, 0.2) is 5.78 Å². The van der Waals surface area contributed by atoms with Gasteiger partial charge in [-0.2, -0.15) is 0 Å². The summed E-state index contributed by atoms with van der Waals surface area (Å²) in [6.45, 7) is 12.2. The number of aliphatic hydroxyl groups is 5. The van der Waals surface area contributed by atoms with Crippen molar-refractivity contribution in [2.24, 2.45) is 24.3 Å². The van der Waals surface area contributed by atoms with Crippen molar-refractivity contribution in [3.05, 3.63) is 112 Å². The number of aromatic hydroxyl groups is 1. The van der Waals surface area contributed by atoms with E-state index in [4.69, 9.17) is 14.2 Å². The predicted octanol–water partition coefficient (Wildman–Crippen LogP) is 3.09. The number of ether oxygens (including phenoxy) is 3. The van der Waals surface area contributed by atoms with Gasteiger partial charge in [0.2, 0.25) is 11.7 Å². The number of pyridine rings is 1. The van der Waals surface area contributed by atoms with Crippen molar-refractivity contribution in [1.82, 2.24) is 9.88 Å². The molecule has 320 valence electrons. The molecule has 11 atom stereocenters. The summed E-state index contributed by atoms with van der Waals surface area (Å²) in [6.07, 6.45) is 13.0. The average molecular weight is 811 g/mol. The second-order valence-corrected chi connectivity index (χ2v) is 15.5. The molecule has 0 aliphatic carbocycles. The summed E-state index contributed by atoms with van der Waals surface area (Å²) < 4.78 is 19.0. The number of aliphatic hydroxyl groups excluding tert-OH is 4. The van der Waals surface area contributed by atoms with Gasteiger partial charge in [0.05, 0.1) is 30.3 Å². The van der Waals surface area contributed by atoms with Crippen LogP contribution in [0.4, 0.5) is 0 Å². The van der Waals surface area contributed by atoms with Crippen LogP contribution < -0.4 is 10.9 Å². The van der Waals surface area contributed by atoms with Crippen molar-refractivity contribution in [3.8, 4) is 5.75 Å². The Kier molecular flexibility index (Phi) is 17.5. The van der Waals surface area contributed by atoms with E-state index in [-0.39, 0.29) is 24.1 Å². The fourth-order valence-corrected chi connectivity index (χ4v) is 7.27. The van der Waals surface area contributed by atoms with E-state index in [0.29, 0.717) is 0 Å². The molecular formula is C44H62N2O12. The van der Waals surface area contributed by atoms with E-state index in [9.17, 15) is 45.0 Å². The Hall–Kier alpha value is -4.25. The smallest absolute Gasteiger partial charge is 0.265 e. The highest BCUT2D eigenvalue weighted by Gasteiger charge is 2.60. The number of ketones is 1. The molecule has 0 aromatic carbocycles. The molecule has 2 aliphatic rings. The number of methoxy groups -OCH3 is 1. The number of aromatic nitrogens is 1. The largest absolute Gasteiger partial charge is 0.507 e. The lowest BCUT2D eigenvalue weighted by Gasteiger charge is -2.53. The van der Waals surface area contributed by atoms with E-state index in [2.05, 4.69) is 5.32 Å². The lowest BCUT2D eigenvalue weighted by molar-refractivity contribution is -0.359. The third-order valence-electron chi connectivity index (χ3n) is 11.0. The molecule has 1 aromatic heterocycles. The number of carbonyl (C=O) groups is 2. The molecule has 1 amide bonds. The van der Waals surface area contributed by atoms with Gasteiger partial charge in [-0.05, 0) is 44.4 Å². The molecule has 1 aromatic rings. The third kappa shape index (κ3) is 10.9. The highest BCUT2D eigenvalue weighted by atomic mass is 16.7. The Bertz CT molecular complexity index is 1860. The van der Waals surface area contributed by atoms with Gasteiger partial charge in [-0.3, -0.25) is 14.4 Å². The first-order valence-corrected chi connectivity index (χ1v) is 19.5. The van der Waals surface area contributed by atoms with Gasteiger partial charge in [0.1, 0.15) is 35.7 Å². The standard InChI is InChI=1S/C44H62N2O12/c1-10-12-14-22-32-43(6,7)39(51)40(52)44(55,58-32)29(11-2)41(53)45-24-18-17-20-27(4)37(56-9)28(5)38-36(50)35(49)31(57-38)21-16-13-15-19-26(3)34(48)33-30(47)23-25-46(8)42(33)54/h10,12-23,25,28-29,31-32,35-40,47,49-52,55H,11,24H2,1-9H3,(H,45,53)/b12-10-,15-13+,18-17+,21-16+,22-14+,26-19+,27-20+/t28-,29-,31?,32?,35?,36?,37-,38?,39?,40?,44?/m1/s1. The zero-order valence-electron chi connectivity index (χ0n) is 34.9. The molecule has 3 rings (SSSR count). The second-order valence-electron chi connectivity index (χ2n) is 15.5. The SMILES string of the molecule is C/C=C\C=C\C1OC(O)([C@H](CC)C(=O)NC/C=C/C=C(\C)[C@@H](OC)[C@@H](C)C2OC(/C=C/C=C/C=C(\C)C(=O)c3c(O)ccn(C)c3=O)C(O)C2O)C(O)C(O)C1(C)C. The van der Waals surface area contributed by atoms with Crippen LogP contribution in [0.15, 0.2) is 101 Å². The van der Waals surface area contributed by atoms with Gasteiger partial charge < -0.3 is 54.7 Å². The van der Waals surface area contributed by atoms with Crippen molar-refractivity contribution in [2.75, 3.05) is 13.7 Å². The van der Waals surface area contributed by atoms with Crippen molar-refractivity contribution >= 4 is 11.7 Å². The van der Waals surface area contributed by atoms with E-state index in [1.54, 1.807) is 81.5 Å². The molecule has 0 bridgehead atoms. The van der Waals surface area contributed by atoms with E-state index < -0.39 is 94.9 Å². The number of carbonyl (C=O) groups excluding carboxylic acids is 2. The molecule has 2 saturated heterocycles. The van der Waals surface area contributed by atoms with Gasteiger partial charge >= 0.3 is 0 Å². The Labute approximate surface area is 340 Å². The monoisotopic (exact) mass is 810 g/mol. The van der Waals surface area contributed by atoms with E-state index in [0.717, 1.165) is 5.57 Å². The number of nitrogens with zero attached hydrogens (tertiary/aromatic N) is 1. The first-order chi connectivity index (χ1) is 27.3. The molecule has 3 heterocycles. The summed E-state index contributed by atoms with van der Waals surface area (Å²) in [5.74, 6) is -5.51. The third-order valence-corrected chi connectivity index (χ3v) is 11.0. The number of amides is 1. The van der Waals surface area contributed by atoms with Crippen LogP contribution in [0.2, 0.25) is 0 Å². The van der Waals surface area contributed by atoms with Crippen molar-refractivity contribution in [3.63, 3.8) is 0 Å². The number of allylic oxidation sites excluding steroid dienone is 10. The fraction of sp³-hybridized carbons (Fsp3) is 0.523. The topological polar surface area (TPSA) is 217 Å². The van der Waals surface area contributed by atoms with Crippen LogP contribution in [-0.4, -0.2) is 115 Å². The average Bonchev–Trinajstić information content (AvgIpc) is 3.46. The molecule has 0 radical (unpaired) electrons. The van der Waals surface area contributed by atoms with E-state index in [1.165, 1.54) is 44.0 Å². The molecular weight excluding hydrogens is 748 g/mol. The molecule has 8 unspecified atom stereocenters. The number of nitrogens with one attached hydrogen (secondary N) is 1. The summed E-state index contributed by atoms with van der Waals surface area (Å²) >= 11 is 0. The van der Waals surface area contributed by atoms with Crippen LogP contribution in [0, 0.1) is 17.3 Å². The minimum absolute atomic E-state index is 0.0818. The quantitative estimate of drug-likeness (QED) is 0.0687. The molecule has 0 spiro atoms. The maximum absolute atomic E-state index is 13.3. The van der Waals surface area contributed by atoms with Crippen LogP contribution >= 0.6 is 0 Å². The zero-order chi connectivity index (χ0) is 43.5. The van der Waals surface area contributed by atoms with Crippen molar-refractivity contribution in [2.45, 2.75) is 110 Å². The van der Waals surface area contributed by atoms with Crippen LogP contribution in [0.25, 0.3) is 0 Å². The normalized spacial score (nSPS) is 29.9. The first kappa shape index (κ1) is 48.1. The van der Waals surface area contributed by atoms with E-state index >= 15 is 0 Å². The lowest BCUT2D eigenvalue weighted by Crippen LogP contribution is -2.69. The van der Waals surface area contributed by atoms with Gasteiger partial charge in [0, 0.05) is 38.2 Å². The molecule has 58 heavy (non-hydrogen) atoms. The zero-order valence-corrected chi connectivity index (χ0v) is 34.9. The molecule has 2 aliphatic heterocycles. The minimum atomic E-state index is -2.34. The Morgan fingerprint density at radius 1 is 1.00 bits per heavy atom. The summed E-state index contributed by atoms with van der Waals surface area (Å²) in [7, 11) is 3.01. The number of rotatable bonds is 17. The summed E-state index contributed by atoms with van der Waals surface area (Å²) in [5, 5.41) is 68.0. The van der Waals surface area contributed by atoms with E-state index in [1.807, 2.05) is 26.8 Å². The van der Waals surface area contributed by atoms with Gasteiger partial charge in [0.25, 0.3) is 5.56 Å². The molecule has 2 fully saturated rings. The van der Waals surface area contributed by atoms with Gasteiger partial charge in [-0.1, -0.05) is 101 Å². The number of Topliss-reactive ketones (excluding diaryl/α,β-unsaturated/α-hetero) is 1. The minimum Gasteiger partial charge on any atom is -0.507 e. The second kappa shape index (κ2) is 21.1. The fourth-order valence-electron chi connectivity index (χ4n) is 7.27. The highest BCUT2D eigenvalue weighted by Crippen LogP contribution is 2.44. The van der Waals surface area contributed by atoms with Crippen LogP contribution in [0.1, 0.15) is 65.2 Å². The Balaban J connectivity index is 1.61. The van der Waals surface area contributed by atoms with Gasteiger partial charge in [-0.15, -0.1) is 0 Å². The maximum Gasteiger partial charge on any atom is 0.265 e. The number of aryl methyl sites for hydroxylation is 1. The Morgan fingerprint density at radius 3 is 2.31 bits per heavy atom. The number of hydrogen-bond acceptors (Lipinski definition) is 12. The van der Waals surface area contributed by atoms with Crippen LogP contribution in [-0.2, 0) is 26.1 Å².